The first kappa shape index (κ1) is 27.2. The van der Waals surface area contributed by atoms with Crippen LogP contribution in [0.1, 0.15) is 51.3 Å². The lowest BCUT2D eigenvalue weighted by Gasteiger charge is -2.35. The minimum Gasteiger partial charge on any atom is -0.497 e. The maximum absolute atomic E-state index is 13.4. The fourth-order valence-electron chi connectivity index (χ4n) is 4.68. The third-order valence-electron chi connectivity index (χ3n) is 6.64. The Morgan fingerprint density at radius 2 is 1.82 bits per heavy atom. The molecule has 0 saturated carbocycles. The van der Waals surface area contributed by atoms with Crippen LogP contribution in [0.3, 0.4) is 0 Å². The third-order valence-corrected chi connectivity index (χ3v) is 7.67. The van der Waals surface area contributed by atoms with Crippen molar-refractivity contribution in [1.29, 1.82) is 0 Å². The van der Waals surface area contributed by atoms with Crippen LogP contribution in [0, 0.1) is 6.92 Å². The Bertz CT molecular complexity index is 1610. The Morgan fingerprint density at radius 1 is 1.02 bits per heavy atom. The number of allylic oxidation sites excluding steroid dienone is 1. The van der Waals surface area contributed by atoms with E-state index in [9.17, 15) is 9.59 Å². The van der Waals surface area contributed by atoms with E-state index < -0.39 is 0 Å². The van der Waals surface area contributed by atoms with E-state index in [4.69, 9.17) is 4.74 Å². The molecule has 2 heterocycles. The molecule has 1 amide bonds. The highest BCUT2D eigenvalue weighted by atomic mass is 32.2. The number of nitrogens with one attached hydrogen (secondary N) is 2. The van der Waals surface area contributed by atoms with Gasteiger partial charge in [0.25, 0.3) is 5.91 Å². The van der Waals surface area contributed by atoms with E-state index in [2.05, 4.69) is 35.5 Å². The maximum Gasteiger partial charge on any atom is 0.258 e. The monoisotopic (exact) mass is 549 g/mol. The number of hydrogen-bond acceptors (Lipinski definition) is 6. The van der Waals surface area contributed by atoms with Gasteiger partial charge in [0.15, 0.2) is 5.78 Å². The summed E-state index contributed by atoms with van der Waals surface area (Å²) in [6.45, 7) is 6.25. The minimum atomic E-state index is -0.289. The lowest BCUT2D eigenvalue weighted by molar-refractivity contribution is 0.101. The summed E-state index contributed by atoms with van der Waals surface area (Å²) in [5.41, 5.74) is 5.28. The molecule has 6 nitrogen and oxygen atoms in total. The average molecular weight is 550 g/mol. The van der Waals surface area contributed by atoms with Gasteiger partial charge in [-0.3, -0.25) is 9.59 Å². The van der Waals surface area contributed by atoms with Gasteiger partial charge in [0, 0.05) is 45.2 Å². The second-order valence-corrected chi connectivity index (χ2v) is 11.5. The van der Waals surface area contributed by atoms with E-state index >= 15 is 0 Å². The first-order valence-electron chi connectivity index (χ1n) is 13.0. The molecule has 40 heavy (non-hydrogen) atoms. The van der Waals surface area contributed by atoms with Gasteiger partial charge in [0.05, 0.1) is 12.7 Å². The molecule has 4 aromatic rings. The van der Waals surface area contributed by atoms with Crippen LogP contribution >= 0.6 is 11.8 Å². The number of aryl methyl sites for hydroxylation is 1. The first-order chi connectivity index (χ1) is 19.2. The summed E-state index contributed by atoms with van der Waals surface area (Å²) >= 11 is 1.44. The van der Waals surface area contributed by atoms with Crippen molar-refractivity contribution in [3.63, 3.8) is 0 Å². The van der Waals surface area contributed by atoms with Gasteiger partial charge in [-0.25, -0.2) is 4.98 Å². The second-order valence-electron chi connectivity index (χ2n) is 10.4. The predicted molar refractivity (Wildman–Crippen MR) is 160 cm³/mol. The Hall–Kier alpha value is -4.36. The molecule has 1 aliphatic rings. The molecule has 0 radical (unpaired) electrons. The molecule has 0 spiro atoms. The molecular formula is C33H31N3O3S. The fourth-order valence-corrected chi connectivity index (χ4v) is 5.56. The number of aromatic nitrogens is 1. The number of carbonyl (C=O) groups is 2. The number of carbonyl (C=O) groups excluding carboxylic acids is 2. The van der Waals surface area contributed by atoms with E-state index in [1.54, 1.807) is 55.8 Å². The van der Waals surface area contributed by atoms with Crippen molar-refractivity contribution in [2.45, 2.75) is 42.7 Å². The summed E-state index contributed by atoms with van der Waals surface area (Å²) in [6.07, 6.45) is 4.13. The van der Waals surface area contributed by atoms with Crippen molar-refractivity contribution in [1.82, 2.24) is 10.3 Å². The summed E-state index contributed by atoms with van der Waals surface area (Å²) < 4.78 is 5.42. The Balaban J connectivity index is 1.37. The Morgan fingerprint density at radius 3 is 2.60 bits per heavy atom. The molecule has 2 N–H and O–H groups in total. The number of ketones is 1. The molecule has 0 bridgehead atoms. The van der Waals surface area contributed by atoms with Crippen LogP contribution in [-0.2, 0) is 6.42 Å². The van der Waals surface area contributed by atoms with E-state index in [0.717, 1.165) is 33.9 Å². The highest BCUT2D eigenvalue weighted by Crippen LogP contribution is 2.33. The van der Waals surface area contributed by atoms with Gasteiger partial charge in [0.2, 0.25) is 0 Å². The van der Waals surface area contributed by atoms with Gasteiger partial charge in [-0.2, -0.15) is 0 Å². The van der Waals surface area contributed by atoms with E-state index in [1.165, 1.54) is 17.3 Å². The van der Waals surface area contributed by atoms with Crippen molar-refractivity contribution in [2.24, 2.45) is 0 Å². The van der Waals surface area contributed by atoms with Crippen LogP contribution in [0.5, 0.6) is 5.75 Å². The van der Waals surface area contributed by atoms with Gasteiger partial charge in [-0.05, 0) is 81.3 Å². The van der Waals surface area contributed by atoms with Gasteiger partial charge in [-0.15, -0.1) is 0 Å². The van der Waals surface area contributed by atoms with Crippen LogP contribution in [-0.4, -0.2) is 29.3 Å². The van der Waals surface area contributed by atoms with Crippen molar-refractivity contribution in [3.8, 4) is 5.75 Å². The SMILES string of the molecule is COc1ccc2c(c1)C(=CC(=O)c1cccc(NC(=O)c3cccnc3Sc3ccc(C)cc3)c1)NC(C)(C)C2. The van der Waals surface area contributed by atoms with Crippen LogP contribution in [0.25, 0.3) is 5.70 Å². The van der Waals surface area contributed by atoms with Crippen LogP contribution in [0.15, 0.2) is 101 Å². The Labute approximate surface area is 238 Å². The summed E-state index contributed by atoms with van der Waals surface area (Å²) in [7, 11) is 1.63. The largest absolute Gasteiger partial charge is 0.497 e. The molecule has 0 aliphatic carbocycles. The summed E-state index contributed by atoms with van der Waals surface area (Å²) in [5, 5.41) is 7.05. The van der Waals surface area contributed by atoms with Crippen LogP contribution in [0.4, 0.5) is 5.69 Å². The van der Waals surface area contributed by atoms with Gasteiger partial charge in [-0.1, -0.05) is 47.7 Å². The van der Waals surface area contributed by atoms with Gasteiger partial charge >= 0.3 is 0 Å². The quantitative estimate of drug-likeness (QED) is 0.192. The van der Waals surface area contributed by atoms with Gasteiger partial charge < -0.3 is 15.4 Å². The van der Waals surface area contributed by atoms with E-state index in [-0.39, 0.29) is 17.2 Å². The number of nitrogens with zero attached hydrogens (tertiary/aromatic N) is 1. The number of pyridine rings is 1. The zero-order valence-corrected chi connectivity index (χ0v) is 23.8. The number of amides is 1. The summed E-state index contributed by atoms with van der Waals surface area (Å²) in [4.78, 5) is 32.1. The molecule has 7 heteroatoms. The molecule has 3 aromatic carbocycles. The average Bonchev–Trinajstić information content (AvgIpc) is 2.94. The van der Waals surface area contributed by atoms with Gasteiger partial charge in [0.1, 0.15) is 10.8 Å². The van der Waals surface area contributed by atoms with E-state index in [1.807, 2.05) is 43.3 Å². The standard InChI is InChI=1S/C33H31N3O3S/c1-21-10-14-26(15-11-21)40-32-27(9-6-16-34-32)31(38)35-24-8-5-7-22(17-24)30(37)19-29-28-18-25(39-4)13-12-23(28)20-33(2,3)36-29/h5-19,36H,20H2,1-4H3,(H,35,38). The second kappa shape index (κ2) is 11.4. The molecule has 0 unspecified atom stereocenters. The molecule has 202 valence electrons. The van der Waals surface area contributed by atoms with Crippen LogP contribution < -0.4 is 15.4 Å². The van der Waals surface area contributed by atoms with Crippen molar-refractivity contribution >= 4 is 34.8 Å². The molecule has 1 aromatic heterocycles. The molecular weight excluding hydrogens is 518 g/mol. The number of methoxy groups -OCH3 is 1. The summed E-state index contributed by atoms with van der Waals surface area (Å²) in [6, 6.07) is 24.5. The number of anilines is 1. The highest BCUT2D eigenvalue weighted by molar-refractivity contribution is 7.99. The number of fused-ring (bicyclic) bond motifs is 1. The zero-order valence-electron chi connectivity index (χ0n) is 22.9. The fraction of sp³-hybridized carbons (Fsp3) is 0.182. The lowest BCUT2D eigenvalue weighted by Crippen LogP contribution is -2.43. The number of rotatable bonds is 7. The minimum absolute atomic E-state index is 0.165. The number of hydrogen-bond donors (Lipinski definition) is 2. The zero-order chi connectivity index (χ0) is 28.3. The molecule has 0 atom stereocenters. The molecule has 0 fully saturated rings. The number of benzene rings is 3. The van der Waals surface area contributed by atoms with Crippen molar-refractivity contribution < 1.29 is 14.3 Å². The Kier molecular flexibility index (Phi) is 7.76. The lowest BCUT2D eigenvalue weighted by atomic mass is 9.85. The predicted octanol–water partition coefficient (Wildman–Crippen LogP) is 6.95. The normalized spacial score (nSPS) is 14.7. The smallest absolute Gasteiger partial charge is 0.258 e. The molecule has 1 aliphatic heterocycles. The summed E-state index contributed by atoms with van der Waals surface area (Å²) in [5.74, 6) is 0.281. The maximum atomic E-state index is 13.4. The van der Waals surface area contributed by atoms with E-state index in [0.29, 0.717) is 21.8 Å². The topological polar surface area (TPSA) is 80.3 Å². The third kappa shape index (κ3) is 6.26. The molecule has 5 rings (SSSR count). The van der Waals surface area contributed by atoms with Crippen molar-refractivity contribution in [2.75, 3.05) is 12.4 Å². The highest BCUT2D eigenvalue weighted by Gasteiger charge is 2.28. The number of ether oxygens (including phenoxy) is 1. The van der Waals surface area contributed by atoms with Crippen LogP contribution in [0.2, 0.25) is 0 Å². The first-order valence-corrected chi connectivity index (χ1v) is 13.8. The van der Waals surface area contributed by atoms with Crippen molar-refractivity contribution in [3.05, 3.63) is 119 Å². The molecule has 0 saturated heterocycles.